The summed E-state index contributed by atoms with van der Waals surface area (Å²) >= 11 is 0. The zero-order chi connectivity index (χ0) is 39.7. The quantitative estimate of drug-likeness (QED) is 0.0722. The maximum Gasteiger partial charge on any atom is 0.314 e. The summed E-state index contributed by atoms with van der Waals surface area (Å²) in [5, 5.41) is 104. The summed E-state index contributed by atoms with van der Waals surface area (Å²) in [6.45, 7) is 10.7. The molecule has 0 bridgehead atoms. The average Bonchev–Trinajstić information content (AvgIpc) is 3.12. The van der Waals surface area contributed by atoms with Crippen molar-refractivity contribution < 1.29 is 84.3 Å². The third kappa shape index (κ3) is 7.19. The standard InChI is InChI=1S/C37H60O17/c1-15-12-35(3)10-7-20-36(4,8-6-9-37(20,5)34(48)54-32-29(47)26(44)23(41)18(13-38)51-32)21(35)11-17(15)50-33-30(27(45)24(42)19(14-39)52-33)53-31-28(46)25(43)22(40)16(2)49-31/h16-33,38-47H,1,6-14H2,2-5H3/t16?,17?,18?,19?,20?,21-,22?,23?,24?,25?,26?,27?,28?,29?,30?,31?,32?,33?,35-,36-,37-/m1/s1. The molecular formula is C37H60O17. The molecule has 6 aliphatic rings. The number of hydrogen-bond donors (Lipinski definition) is 10. The molecule has 0 aromatic heterocycles. The minimum atomic E-state index is -1.73. The number of aliphatic hydroxyl groups is 10. The molecule has 10 N–H and O–H groups in total. The molecule has 54 heavy (non-hydrogen) atoms. The Bertz CT molecular complexity index is 1350. The Morgan fingerprint density at radius 3 is 1.96 bits per heavy atom. The smallest absolute Gasteiger partial charge is 0.314 e. The van der Waals surface area contributed by atoms with Gasteiger partial charge in [0, 0.05) is 0 Å². The van der Waals surface area contributed by atoms with Crippen LogP contribution < -0.4 is 0 Å². The molecule has 17 unspecified atom stereocenters. The van der Waals surface area contributed by atoms with E-state index in [9.17, 15) is 55.9 Å². The van der Waals surface area contributed by atoms with Crippen molar-refractivity contribution in [2.75, 3.05) is 13.2 Å². The van der Waals surface area contributed by atoms with Crippen LogP contribution in [0.1, 0.15) is 72.6 Å². The first-order valence-corrected chi connectivity index (χ1v) is 19.1. The first kappa shape index (κ1) is 42.2. The van der Waals surface area contributed by atoms with E-state index in [1.807, 2.05) is 6.92 Å². The number of hydrogen-bond acceptors (Lipinski definition) is 17. The van der Waals surface area contributed by atoms with E-state index in [4.69, 9.17) is 28.4 Å². The van der Waals surface area contributed by atoms with Crippen LogP contribution in [-0.4, -0.2) is 168 Å². The largest absolute Gasteiger partial charge is 0.432 e. The van der Waals surface area contributed by atoms with Crippen molar-refractivity contribution in [2.24, 2.45) is 28.1 Å². The molecule has 21 atom stereocenters. The molecular weight excluding hydrogens is 716 g/mol. The first-order chi connectivity index (χ1) is 25.3. The molecule has 310 valence electrons. The van der Waals surface area contributed by atoms with Gasteiger partial charge in [-0.3, -0.25) is 4.79 Å². The minimum Gasteiger partial charge on any atom is -0.432 e. The van der Waals surface area contributed by atoms with Crippen molar-refractivity contribution in [1.29, 1.82) is 0 Å². The molecule has 0 aromatic rings. The highest BCUT2D eigenvalue weighted by Gasteiger charge is 2.64. The summed E-state index contributed by atoms with van der Waals surface area (Å²) in [4.78, 5) is 14.1. The van der Waals surface area contributed by atoms with E-state index < -0.39 is 128 Å². The highest BCUT2D eigenvalue weighted by Crippen LogP contribution is 2.68. The van der Waals surface area contributed by atoms with Crippen LogP contribution in [-0.2, 0) is 33.2 Å². The third-order valence-electron chi connectivity index (χ3n) is 13.9. The van der Waals surface area contributed by atoms with Crippen molar-refractivity contribution >= 4 is 5.97 Å². The minimum absolute atomic E-state index is 0.0352. The summed E-state index contributed by atoms with van der Waals surface area (Å²) in [5.41, 5.74) is -0.937. The molecule has 17 nitrogen and oxygen atoms in total. The van der Waals surface area contributed by atoms with Crippen LogP contribution >= 0.6 is 0 Å². The molecule has 3 aliphatic carbocycles. The number of ether oxygens (including phenoxy) is 6. The van der Waals surface area contributed by atoms with Crippen LogP contribution in [0, 0.1) is 28.1 Å². The van der Waals surface area contributed by atoms with Crippen LogP contribution in [0.2, 0.25) is 0 Å². The number of aliphatic hydroxyl groups excluding tert-OH is 10. The van der Waals surface area contributed by atoms with Gasteiger partial charge in [0.25, 0.3) is 0 Å². The van der Waals surface area contributed by atoms with Gasteiger partial charge in [-0.1, -0.05) is 26.8 Å². The van der Waals surface area contributed by atoms with Crippen molar-refractivity contribution in [3.63, 3.8) is 0 Å². The van der Waals surface area contributed by atoms with Gasteiger partial charge >= 0.3 is 5.97 Å². The second-order valence-electron chi connectivity index (χ2n) is 17.4. The van der Waals surface area contributed by atoms with Crippen LogP contribution in [0.5, 0.6) is 0 Å². The first-order valence-electron chi connectivity index (χ1n) is 19.1. The van der Waals surface area contributed by atoms with Crippen molar-refractivity contribution in [2.45, 2.75) is 171 Å². The Balaban J connectivity index is 1.22. The predicted octanol–water partition coefficient (Wildman–Crippen LogP) is -2.05. The lowest BCUT2D eigenvalue weighted by Gasteiger charge is -2.64. The molecule has 0 spiro atoms. The fourth-order valence-corrected chi connectivity index (χ4v) is 10.8. The Morgan fingerprint density at radius 1 is 0.722 bits per heavy atom. The summed E-state index contributed by atoms with van der Waals surface area (Å²) in [6.07, 6.45) is -18.7. The second-order valence-corrected chi connectivity index (χ2v) is 17.4. The van der Waals surface area contributed by atoms with Gasteiger partial charge in [0.05, 0.1) is 30.8 Å². The van der Waals surface area contributed by atoms with Crippen LogP contribution in [0.25, 0.3) is 0 Å². The summed E-state index contributed by atoms with van der Waals surface area (Å²) in [5.74, 6) is -0.837. The Morgan fingerprint density at radius 2 is 1.31 bits per heavy atom. The molecule has 3 heterocycles. The average molecular weight is 777 g/mol. The molecule has 0 amide bonds. The lowest BCUT2D eigenvalue weighted by Crippen LogP contribution is -2.65. The SMILES string of the molecule is C=C1C[C@@]2(C)CCC3[C@](C)(C(=O)OC4OC(CO)C(O)C(O)C4O)CCC[C@@]3(C)[C@@H]2CC1OC1OC(CO)C(O)C(O)C1OC1OC(C)C(O)C(O)C1O. The molecule has 3 saturated carbocycles. The summed E-state index contributed by atoms with van der Waals surface area (Å²) < 4.78 is 35.3. The van der Waals surface area contributed by atoms with Crippen LogP contribution in [0.3, 0.4) is 0 Å². The second kappa shape index (κ2) is 15.8. The fraction of sp³-hybridized carbons (Fsp3) is 0.919. The lowest BCUT2D eigenvalue weighted by atomic mass is 9.40. The molecule has 17 heteroatoms. The van der Waals surface area contributed by atoms with E-state index in [1.165, 1.54) is 6.92 Å². The van der Waals surface area contributed by atoms with E-state index in [1.54, 1.807) is 0 Å². The Labute approximate surface area is 314 Å². The van der Waals surface area contributed by atoms with E-state index in [2.05, 4.69) is 20.4 Å². The Hall–Kier alpha value is -1.39. The zero-order valence-electron chi connectivity index (χ0n) is 31.3. The van der Waals surface area contributed by atoms with Gasteiger partial charge in [-0.05, 0) is 80.6 Å². The molecule has 3 saturated heterocycles. The molecule has 0 aromatic carbocycles. The summed E-state index contributed by atoms with van der Waals surface area (Å²) in [6, 6.07) is 0. The highest BCUT2D eigenvalue weighted by molar-refractivity contribution is 5.77. The van der Waals surface area contributed by atoms with Crippen molar-refractivity contribution in [3.8, 4) is 0 Å². The normalized spacial score (nSPS) is 54.0. The topological polar surface area (TPSA) is 275 Å². The number of esters is 1. The maximum absolute atomic E-state index is 14.1. The predicted molar refractivity (Wildman–Crippen MR) is 182 cm³/mol. The summed E-state index contributed by atoms with van der Waals surface area (Å²) in [7, 11) is 0. The molecule has 3 aliphatic heterocycles. The van der Waals surface area contributed by atoms with Gasteiger partial charge in [0.15, 0.2) is 12.6 Å². The number of fused-ring (bicyclic) bond motifs is 3. The monoisotopic (exact) mass is 776 g/mol. The number of rotatable bonds is 8. The maximum atomic E-state index is 14.1. The van der Waals surface area contributed by atoms with E-state index in [-0.39, 0.29) is 17.3 Å². The van der Waals surface area contributed by atoms with Gasteiger partial charge in [-0.25, -0.2) is 0 Å². The van der Waals surface area contributed by atoms with E-state index >= 15 is 0 Å². The zero-order valence-corrected chi connectivity index (χ0v) is 31.3. The van der Waals surface area contributed by atoms with Crippen LogP contribution in [0.15, 0.2) is 12.2 Å². The molecule has 0 radical (unpaired) electrons. The fourth-order valence-electron chi connectivity index (χ4n) is 10.8. The van der Waals surface area contributed by atoms with Crippen molar-refractivity contribution in [3.05, 3.63) is 12.2 Å². The molecule has 6 rings (SSSR count). The Kier molecular flexibility index (Phi) is 12.3. The van der Waals surface area contributed by atoms with Gasteiger partial charge < -0.3 is 79.5 Å². The lowest BCUT2D eigenvalue weighted by molar-refractivity contribution is -0.369. The van der Waals surface area contributed by atoms with E-state index in [0.717, 1.165) is 18.4 Å². The van der Waals surface area contributed by atoms with Gasteiger partial charge in [-0.2, -0.15) is 0 Å². The number of carbonyl (C=O) groups is 1. The van der Waals surface area contributed by atoms with E-state index in [0.29, 0.717) is 32.1 Å². The molecule has 6 fully saturated rings. The third-order valence-corrected chi connectivity index (χ3v) is 13.9. The van der Waals surface area contributed by atoms with Gasteiger partial charge in [0.1, 0.15) is 67.1 Å². The van der Waals surface area contributed by atoms with Crippen LogP contribution in [0.4, 0.5) is 0 Å². The number of carbonyl (C=O) groups excluding carboxylic acids is 1. The highest BCUT2D eigenvalue weighted by atomic mass is 16.8. The van der Waals surface area contributed by atoms with Gasteiger partial charge in [-0.15, -0.1) is 0 Å². The van der Waals surface area contributed by atoms with Gasteiger partial charge in [0.2, 0.25) is 6.29 Å². The van der Waals surface area contributed by atoms with Crippen molar-refractivity contribution in [1.82, 2.24) is 0 Å².